The van der Waals surface area contributed by atoms with Crippen LogP contribution >= 0.6 is 11.6 Å². The summed E-state index contributed by atoms with van der Waals surface area (Å²) in [5.74, 6) is 3.27. The lowest BCUT2D eigenvalue weighted by Gasteiger charge is -2.28. The maximum Gasteiger partial charge on any atom is 0.159 e. The molecule has 5 rings (SSSR count). The maximum atomic E-state index is 6.51. The number of halogens is 1. The third-order valence-corrected chi connectivity index (χ3v) is 6.45. The van der Waals surface area contributed by atoms with E-state index < -0.39 is 0 Å². The molecule has 0 radical (unpaired) electrons. The van der Waals surface area contributed by atoms with Gasteiger partial charge in [0.15, 0.2) is 5.65 Å². The molecule has 4 aromatic rings. The minimum atomic E-state index is 0.583. The number of aryl methyl sites for hydroxylation is 1. The van der Waals surface area contributed by atoms with Crippen molar-refractivity contribution in [1.82, 2.24) is 14.6 Å². The highest BCUT2D eigenvalue weighted by Gasteiger charge is 2.28. The molecule has 0 atom stereocenters. The van der Waals surface area contributed by atoms with Crippen LogP contribution in [0.5, 0.6) is 5.75 Å². The van der Waals surface area contributed by atoms with Gasteiger partial charge in [0, 0.05) is 30.8 Å². The Morgan fingerprint density at radius 1 is 1.12 bits per heavy atom. The summed E-state index contributed by atoms with van der Waals surface area (Å²) in [6.07, 6.45) is 4.36. The van der Waals surface area contributed by atoms with Gasteiger partial charge < -0.3 is 15.0 Å². The van der Waals surface area contributed by atoms with Gasteiger partial charge in [-0.25, -0.2) is 4.98 Å². The van der Waals surface area contributed by atoms with Crippen LogP contribution in [0.2, 0.25) is 5.02 Å². The number of hydrogen-bond donors (Lipinski definition) is 1. The van der Waals surface area contributed by atoms with Crippen molar-refractivity contribution in [3.8, 4) is 5.75 Å². The molecule has 33 heavy (non-hydrogen) atoms. The van der Waals surface area contributed by atoms with Crippen molar-refractivity contribution in [2.24, 2.45) is 5.92 Å². The van der Waals surface area contributed by atoms with Gasteiger partial charge in [-0.05, 0) is 50.3 Å². The first-order chi connectivity index (χ1) is 16.0. The van der Waals surface area contributed by atoms with Gasteiger partial charge in [-0.3, -0.25) is 0 Å². The quantitative estimate of drug-likeness (QED) is 0.340. The summed E-state index contributed by atoms with van der Waals surface area (Å²) >= 11 is 6.51. The molecule has 0 aliphatic heterocycles. The van der Waals surface area contributed by atoms with Crippen molar-refractivity contribution >= 4 is 34.6 Å². The zero-order valence-corrected chi connectivity index (χ0v) is 19.9. The molecule has 2 heterocycles. The van der Waals surface area contributed by atoms with Crippen LogP contribution in [0.3, 0.4) is 0 Å². The van der Waals surface area contributed by atoms with Crippen LogP contribution in [0, 0.1) is 19.8 Å². The Kier molecular flexibility index (Phi) is 5.85. The number of hydrogen-bond acceptors (Lipinski definition) is 5. The van der Waals surface area contributed by atoms with E-state index in [0.717, 1.165) is 53.3 Å². The van der Waals surface area contributed by atoms with Gasteiger partial charge in [0.1, 0.15) is 17.4 Å². The Morgan fingerprint density at radius 2 is 1.91 bits per heavy atom. The number of methoxy groups -OCH3 is 1. The number of ether oxygens (including phenoxy) is 1. The first-order valence-electron chi connectivity index (χ1n) is 11.3. The van der Waals surface area contributed by atoms with Crippen LogP contribution < -0.4 is 15.0 Å². The van der Waals surface area contributed by atoms with Crippen LogP contribution in [-0.4, -0.2) is 28.3 Å². The number of nitrogens with zero attached hydrogens (tertiary/aromatic N) is 4. The second-order valence-corrected chi connectivity index (χ2v) is 9.20. The van der Waals surface area contributed by atoms with E-state index in [2.05, 4.69) is 53.4 Å². The minimum absolute atomic E-state index is 0.583. The van der Waals surface area contributed by atoms with Crippen LogP contribution in [0.15, 0.2) is 54.7 Å². The smallest absolute Gasteiger partial charge is 0.159 e. The highest BCUT2D eigenvalue weighted by Crippen LogP contribution is 2.36. The maximum absolute atomic E-state index is 6.51. The lowest BCUT2D eigenvalue weighted by Crippen LogP contribution is -2.29. The molecule has 1 N–H and O–H groups in total. The largest absolute Gasteiger partial charge is 0.497 e. The second kappa shape index (κ2) is 8.94. The first kappa shape index (κ1) is 21.6. The van der Waals surface area contributed by atoms with Gasteiger partial charge in [0.25, 0.3) is 0 Å². The fraction of sp³-hybridized carbons (Fsp3) is 0.308. The number of rotatable bonds is 8. The molecule has 0 amide bonds. The molecule has 0 spiro atoms. The van der Waals surface area contributed by atoms with Gasteiger partial charge in [-0.2, -0.15) is 9.61 Å². The summed E-state index contributed by atoms with van der Waals surface area (Å²) in [5.41, 5.74) is 5.17. The molecule has 0 saturated heterocycles. The van der Waals surface area contributed by atoms with Crippen LogP contribution in [-0.2, 0) is 6.54 Å². The van der Waals surface area contributed by atoms with Gasteiger partial charge in [0.05, 0.1) is 24.0 Å². The summed E-state index contributed by atoms with van der Waals surface area (Å²) in [5, 5.41) is 8.64. The highest BCUT2D eigenvalue weighted by molar-refractivity contribution is 6.33. The van der Waals surface area contributed by atoms with E-state index in [0.29, 0.717) is 5.02 Å². The van der Waals surface area contributed by atoms with E-state index in [9.17, 15) is 0 Å². The molecule has 7 heteroatoms. The summed E-state index contributed by atoms with van der Waals surface area (Å²) in [4.78, 5) is 7.29. The molecule has 2 aromatic carbocycles. The van der Waals surface area contributed by atoms with Crippen molar-refractivity contribution in [2.45, 2.75) is 33.2 Å². The van der Waals surface area contributed by atoms with Crippen molar-refractivity contribution in [2.75, 3.05) is 23.9 Å². The second-order valence-electron chi connectivity index (χ2n) is 8.79. The summed E-state index contributed by atoms with van der Waals surface area (Å²) in [7, 11) is 1.63. The fourth-order valence-electron chi connectivity index (χ4n) is 4.10. The normalized spacial score (nSPS) is 13.3. The third-order valence-electron chi connectivity index (χ3n) is 6.14. The van der Waals surface area contributed by atoms with Crippen molar-refractivity contribution in [3.63, 3.8) is 0 Å². The Morgan fingerprint density at radius 3 is 2.61 bits per heavy atom. The first-order valence-corrected chi connectivity index (χ1v) is 11.6. The van der Waals surface area contributed by atoms with Gasteiger partial charge in [0.2, 0.25) is 0 Å². The van der Waals surface area contributed by atoms with Crippen LogP contribution in [0.1, 0.15) is 29.5 Å². The molecular weight excluding hydrogens is 434 g/mol. The molecule has 6 nitrogen and oxygen atoms in total. The molecule has 170 valence electrons. The predicted octanol–water partition coefficient (Wildman–Crippen LogP) is 6.17. The standard InChI is InChI=1S/C26H28ClN5O/c1-17-4-6-19(7-5-17)15-31(16-20-8-9-20)26-18(2)25(30-24-12-13-28-32(24)26)29-23-11-10-21(33-3)14-22(23)27/h4-7,10-14,20H,8-9,15-16H2,1-3H3,(H,29,30). The summed E-state index contributed by atoms with van der Waals surface area (Å²) in [6, 6.07) is 16.3. The highest BCUT2D eigenvalue weighted by atomic mass is 35.5. The van der Waals surface area contributed by atoms with Crippen LogP contribution in [0.4, 0.5) is 17.3 Å². The van der Waals surface area contributed by atoms with Gasteiger partial charge in [-0.1, -0.05) is 41.4 Å². The average Bonchev–Trinajstić information content (AvgIpc) is 3.51. The van der Waals surface area contributed by atoms with E-state index >= 15 is 0 Å². The lowest BCUT2D eigenvalue weighted by atomic mass is 10.1. The number of nitrogens with one attached hydrogen (secondary N) is 1. The van der Waals surface area contributed by atoms with Crippen molar-refractivity contribution in [3.05, 3.63) is 76.4 Å². The Bertz CT molecular complexity index is 1280. The van der Waals surface area contributed by atoms with E-state index in [1.165, 1.54) is 24.0 Å². The zero-order valence-electron chi connectivity index (χ0n) is 19.2. The third kappa shape index (κ3) is 4.62. The predicted molar refractivity (Wildman–Crippen MR) is 134 cm³/mol. The van der Waals surface area contributed by atoms with E-state index in [-0.39, 0.29) is 0 Å². The van der Waals surface area contributed by atoms with E-state index in [1.807, 2.05) is 22.7 Å². The Hall–Kier alpha value is -3.25. The fourth-order valence-corrected chi connectivity index (χ4v) is 4.32. The molecular formula is C26H28ClN5O. The summed E-state index contributed by atoms with van der Waals surface area (Å²) < 4.78 is 7.23. The zero-order chi connectivity index (χ0) is 22.9. The number of benzene rings is 2. The van der Waals surface area contributed by atoms with Gasteiger partial charge >= 0.3 is 0 Å². The van der Waals surface area contributed by atoms with Gasteiger partial charge in [-0.15, -0.1) is 0 Å². The number of anilines is 3. The van der Waals surface area contributed by atoms with Crippen molar-refractivity contribution in [1.29, 1.82) is 0 Å². The summed E-state index contributed by atoms with van der Waals surface area (Å²) in [6.45, 7) is 6.03. The molecule has 1 saturated carbocycles. The molecule has 1 fully saturated rings. The van der Waals surface area contributed by atoms with Crippen molar-refractivity contribution < 1.29 is 4.74 Å². The van der Waals surface area contributed by atoms with E-state index in [4.69, 9.17) is 21.3 Å². The monoisotopic (exact) mass is 461 g/mol. The number of aromatic nitrogens is 3. The SMILES string of the molecule is COc1ccc(Nc2nc3ccnn3c(N(Cc3ccc(C)cc3)CC3CC3)c2C)c(Cl)c1. The molecule has 1 aliphatic carbocycles. The topological polar surface area (TPSA) is 54.7 Å². The van der Waals surface area contributed by atoms with E-state index in [1.54, 1.807) is 19.4 Å². The van der Waals surface area contributed by atoms with Crippen LogP contribution in [0.25, 0.3) is 5.65 Å². The average molecular weight is 462 g/mol. The molecule has 1 aliphatic rings. The molecule has 0 bridgehead atoms. The minimum Gasteiger partial charge on any atom is -0.497 e. The lowest BCUT2D eigenvalue weighted by molar-refractivity contribution is 0.415. The Labute approximate surface area is 199 Å². The Balaban J connectivity index is 1.56. The molecule has 2 aromatic heterocycles. The molecule has 0 unspecified atom stereocenters. The number of fused-ring (bicyclic) bond motifs is 1.